The number of hydrogen-bond donors (Lipinski definition) is 0. The Morgan fingerprint density at radius 1 is 1.19 bits per heavy atom. The van der Waals surface area contributed by atoms with Gasteiger partial charge in [0.15, 0.2) is 6.10 Å². The van der Waals surface area contributed by atoms with Crippen LogP contribution < -0.4 is 0 Å². The maximum Gasteiger partial charge on any atom is 0.330 e. The summed E-state index contributed by atoms with van der Waals surface area (Å²) in [6.07, 6.45) is 9.52. The van der Waals surface area contributed by atoms with Crippen LogP contribution in [0, 0.1) is 11.8 Å². The van der Waals surface area contributed by atoms with E-state index >= 15 is 0 Å². The maximum atomic E-state index is 11.6. The number of rotatable bonds is 2. The molecule has 3 rings (SSSR count). The van der Waals surface area contributed by atoms with Crippen LogP contribution >= 0.6 is 0 Å². The van der Waals surface area contributed by atoms with E-state index in [1.54, 1.807) is 6.08 Å². The quantitative estimate of drug-likeness (QED) is 0.722. The standard InChI is InChI=1S/C16H18O5/c1-9-11-5-3-4-6-12(20-11)15(9)16-13(19-10(2)17)7-8-14(18)21-16/h3-9,11-13,15-16H,1-2H3/t9-,11-,12+,13+,15-,16-/m1/s1. The van der Waals surface area contributed by atoms with Crippen LogP contribution in [0.5, 0.6) is 0 Å². The van der Waals surface area contributed by atoms with Crippen LogP contribution in [0.25, 0.3) is 0 Å². The zero-order valence-electron chi connectivity index (χ0n) is 12.0. The van der Waals surface area contributed by atoms with Gasteiger partial charge in [0.1, 0.15) is 6.10 Å². The molecule has 0 radical (unpaired) electrons. The lowest BCUT2D eigenvalue weighted by Gasteiger charge is -2.34. The van der Waals surface area contributed by atoms with Gasteiger partial charge in [0, 0.05) is 18.9 Å². The highest BCUT2D eigenvalue weighted by molar-refractivity contribution is 5.83. The van der Waals surface area contributed by atoms with Crippen molar-refractivity contribution in [2.75, 3.05) is 0 Å². The molecule has 0 spiro atoms. The minimum atomic E-state index is -0.561. The molecular weight excluding hydrogens is 272 g/mol. The second-order valence-electron chi connectivity index (χ2n) is 5.61. The number of fused-ring (bicyclic) bond motifs is 2. The molecule has 1 saturated heterocycles. The molecule has 21 heavy (non-hydrogen) atoms. The Morgan fingerprint density at radius 3 is 2.62 bits per heavy atom. The molecule has 112 valence electrons. The third-order valence-electron chi connectivity index (χ3n) is 4.21. The Labute approximate surface area is 123 Å². The van der Waals surface area contributed by atoms with Crippen molar-refractivity contribution >= 4 is 11.9 Å². The van der Waals surface area contributed by atoms with E-state index in [9.17, 15) is 9.59 Å². The number of ether oxygens (including phenoxy) is 3. The first-order valence-electron chi connectivity index (χ1n) is 7.13. The van der Waals surface area contributed by atoms with E-state index in [1.807, 2.05) is 24.3 Å². The fourth-order valence-corrected chi connectivity index (χ4v) is 3.26. The molecule has 3 aliphatic heterocycles. The van der Waals surface area contributed by atoms with E-state index in [0.717, 1.165) is 0 Å². The number of cyclic esters (lactones) is 1. The Balaban J connectivity index is 1.88. The SMILES string of the molecule is CC(=O)O[C@H]1C=CC(=O)O[C@H]1[C@@H]1[C@H](C)[C@H]2C=CC=C[C@@H]1O2. The Morgan fingerprint density at radius 2 is 1.90 bits per heavy atom. The van der Waals surface area contributed by atoms with Crippen molar-refractivity contribution < 1.29 is 23.8 Å². The van der Waals surface area contributed by atoms with Gasteiger partial charge in [-0.2, -0.15) is 0 Å². The normalized spacial score (nSPS) is 40.8. The lowest BCUT2D eigenvalue weighted by atomic mass is 9.80. The number of carbonyl (C=O) groups excluding carboxylic acids is 2. The van der Waals surface area contributed by atoms with E-state index in [4.69, 9.17) is 14.2 Å². The molecular formula is C16H18O5. The first-order valence-corrected chi connectivity index (χ1v) is 7.13. The smallest absolute Gasteiger partial charge is 0.330 e. The molecule has 3 heterocycles. The molecule has 5 nitrogen and oxygen atoms in total. The van der Waals surface area contributed by atoms with Gasteiger partial charge in [0.05, 0.1) is 12.2 Å². The molecule has 0 saturated carbocycles. The third-order valence-corrected chi connectivity index (χ3v) is 4.21. The van der Waals surface area contributed by atoms with Crippen LogP contribution in [-0.4, -0.2) is 36.4 Å². The van der Waals surface area contributed by atoms with Crippen molar-refractivity contribution in [3.05, 3.63) is 36.5 Å². The average Bonchev–Trinajstić information content (AvgIpc) is 2.61. The van der Waals surface area contributed by atoms with E-state index < -0.39 is 24.1 Å². The van der Waals surface area contributed by atoms with Gasteiger partial charge in [-0.05, 0) is 12.0 Å². The highest BCUT2D eigenvalue weighted by Gasteiger charge is 2.49. The first-order chi connectivity index (χ1) is 10.1. The molecule has 0 aromatic carbocycles. The molecule has 0 unspecified atom stereocenters. The second-order valence-corrected chi connectivity index (χ2v) is 5.61. The predicted molar refractivity (Wildman–Crippen MR) is 74.2 cm³/mol. The fraction of sp³-hybridized carbons (Fsp3) is 0.500. The van der Waals surface area contributed by atoms with Gasteiger partial charge >= 0.3 is 11.9 Å². The van der Waals surface area contributed by atoms with Crippen LogP contribution in [0.2, 0.25) is 0 Å². The second kappa shape index (κ2) is 5.48. The summed E-state index contributed by atoms with van der Waals surface area (Å²) < 4.78 is 16.7. The number of esters is 2. The average molecular weight is 290 g/mol. The van der Waals surface area contributed by atoms with Crippen molar-refractivity contribution in [2.45, 2.75) is 38.3 Å². The van der Waals surface area contributed by atoms with Gasteiger partial charge in [-0.1, -0.05) is 31.2 Å². The topological polar surface area (TPSA) is 61.8 Å². The van der Waals surface area contributed by atoms with Crippen molar-refractivity contribution in [1.82, 2.24) is 0 Å². The summed E-state index contributed by atoms with van der Waals surface area (Å²) in [5.41, 5.74) is 0. The molecule has 0 aromatic heterocycles. The van der Waals surface area contributed by atoms with Crippen LogP contribution in [0.4, 0.5) is 0 Å². The molecule has 0 aromatic rings. The fourth-order valence-electron chi connectivity index (χ4n) is 3.26. The molecule has 5 heteroatoms. The van der Waals surface area contributed by atoms with Gasteiger partial charge in [-0.3, -0.25) is 4.79 Å². The van der Waals surface area contributed by atoms with Crippen molar-refractivity contribution in [3.63, 3.8) is 0 Å². The Kier molecular flexibility index (Phi) is 3.68. The minimum absolute atomic E-state index is 0.0161. The molecule has 6 atom stereocenters. The summed E-state index contributed by atoms with van der Waals surface area (Å²) in [4.78, 5) is 22.9. The Bertz CT molecular complexity index is 533. The van der Waals surface area contributed by atoms with Crippen molar-refractivity contribution in [3.8, 4) is 0 Å². The van der Waals surface area contributed by atoms with Crippen molar-refractivity contribution in [2.24, 2.45) is 11.8 Å². The predicted octanol–water partition coefficient (Wildman–Crippen LogP) is 1.55. The number of carbonyl (C=O) groups is 2. The summed E-state index contributed by atoms with van der Waals surface area (Å²) in [6.45, 7) is 3.41. The largest absolute Gasteiger partial charge is 0.454 e. The zero-order chi connectivity index (χ0) is 15.0. The van der Waals surface area contributed by atoms with E-state index in [1.165, 1.54) is 13.0 Å². The summed E-state index contributed by atoms with van der Waals surface area (Å²) >= 11 is 0. The van der Waals surface area contributed by atoms with Gasteiger partial charge in [0.2, 0.25) is 0 Å². The summed E-state index contributed by atoms with van der Waals surface area (Å²) in [5.74, 6) is -0.683. The number of allylic oxidation sites excluding steroid dienone is 2. The summed E-state index contributed by atoms with van der Waals surface area (Å²) in [7, 11) is 0. The lowest BCUT2D eigenvalue weighted by molar-refractivity contribution is -0.168. The summed E-state index contributed by atoms with van der Waals surface area (Å²) in [6, 6.07) is 0. The van der Waals surface area contributed by atoms with Crippen molar-refractivity contribution in [1.29, 1.82) is 0 Å². The number of hydrogen-bond acceptors (Lipinski definition) is 5. The van der Waals surface area contributed by atoms with Crippen LogP contribution in [0.3, 0.4) is 0 Å². The molecule has 2 bridgehead atoms. The zero-order valence-corrected chi connectivity index (χ0v) is 12.0. The first kappa shape index (κ1) is 14.1. The van der Waals surface area contributed by atoms with Crippen LogP contribution in [0.15, 0.2) is 36.5 Å². The molecule has 0 aliphatic carbocycles. The van der Waals surface area contributed by atoms with E-state index in [0.29, 0.717) is 0 Å². The van der Waals surface area contributed by atoms with E-state index in [2.05, 4.69) is 6.92 Å². The molecule has 0 N–H and O–H groups in total. The van der Waals surface area contributed by atoms with Gasteiger partial charge in [-0.15, -0.1) is 0 Å². The summed E-state index contributed by atoms with van der Waals surface area (Å²) in [5, 5.41) is 0. The van der Waals surface area contributed by atoms with Gasteiger partial charge in [0.25, 0.3) is 0 Å². The lowest BCUT2D eigenvalue weighted by Crippen LogP contribution is -2.46. The Hall–Kier alpha value is -1.88. The highest BCUT2D eigenvalue weighted by atomic mass is 16.6. The maximum absolute atomic E-state index is 11.6. The van der Waals surface area contributed by atoms with Crippen LogP contribution in [0.1, 0.15) is 13.8 Å². The molecule has 3 aliphatic rings. The monoisotopic (exact) mass is 290 g/mol. The van der Waals surface area contributed by atoms with Crippen LogP contribution in [-0.2, 0) is 23.8 Å². The third kappa shape index (κ3) is 2.65. The van der Waals surface area contributed by atoms with Gasteiger partial charge in [-0.25, -0.2) is 4.79 Å². The van der Waals surface area contributed by atoms with E-state index in [-0.39, 0.29) is 24.0 Å². The van der Waals surface area contributed by atoms with Gasteiger partial charge < -0.3 is 14.2 Å². The highest BCUT2D eigenvalue weighted by Crippen LogP contribution is 2.40. The molecule has 0 amide bonds. The minimum Gasteiger partial charge on any atom is -0.454 e. The molecule has 1 fully saturated rings.